The molecule has 1 amide bonds. The van der Waals surface area contributed by atoms with Crippen molar-refractivity contribution in [3.63, 3.8) is 0 Å². The number of nitrogens with one attached hydrogen (secondary N) is 1. The van der Waals surface area contributed by atoms with Crippen LogP contribution in [0.1, 0.15) is 28.8 Å². The molecule has 1 fully saturated rings. The van der Waals surface area contributed by atoms with Gasteiger partial charge in [0.1, 0.15) is 0 Å². The van der Waals surface area contributed by atoms with E-state index in [-0.39, 0.29) is 11.4 Å². The van der Waals surface area contributed by atoms with Gasteiger partial charge in [-0.25, -0.2) is 0 Å². The SMILES string of the molecule is O=C(NC1(c2cccc(Cl)c2)CC1)c1cccc2ccccc12. The molecule has 1 aliphatic carbocycles. The molecule has 0 aliphatic heterocycles. The largest absolute Gasteiger partial charge is 0.343 e. The first-order valence-corrected chi connectivity index (χ1v) is 8.12. The molecule has 2 nitrogen and oxygen atoms in total. The van der Waals surface area contributed by atoms with Crippen LogP contribution < -0.4 is 5.32 Å². The predicted molar refractivity (Wildman–Crippen MR) is 93.8 cm³/mol. The van der Waals surface area contributed by atoms with E-state index in [1.165, 1.54) is 0 Å². The van der Waals surface area contributed by atoms with Gasteiger partial charge in [-0.1, -0.05) is 60.1 Å². The van der Waals surface area contributed by atoms with Crippen LogP contribution in [-0.2, 0) is 5.54 Å². The van der Waals surface area contributed by atoms with Gasteiger partial charge in [-0.15, -0.1) is 0 Å². The Bertz CT molecular complexity index is 894. The van der Waals surface area contributed by atoms with Gasteiger partial charge in [-0.2, -0.15) is 0 Å². The van der Waals surface area contributed by atoms with Crippen LogP contribution in [0.5, 0.6) is 0 Å². The highest BCUT2D eigenvalue weighted by Gasteiger charge is 2.45. The monoisotopic (exact) mass is 321 g/mol. The smallest absolute Gasteiger partial charge is 0.252 e. The lowest BCUT2D eigenvalue weighted by molar-refractivity contribution is 0.0932. The molecule has 0 atom stereocenters. The topological polar surface area (TPSA) is 29.1 Å². The van der Waals surface area contributed by atoms with E-state index < -0.39 is 0 Å². The van der Waals surface area contributed by atoms with Crippen LogP contribution in [0.25, 0.3) is 10.8 Å². The minimum Gasteiger partial charge on any atom is -0.343 e. The van der Waals surface area contributed by atoms with Crippen molar-refractivity contribution in [3.8, 4) is 0 Å². The third-order valence-electron chi connectivity index (χ3n) is 4.51. The number of hydrogen-bond donors (Lipinski definition) is 1. The Hall–Kier alpha value is -2.32. The first-order chi connectivity index (χ1) is 11.2. The van der Waals surface area contributed by atoms with Gasteiger partial charge in [0, 0.05) is 10.6 Å². The van der Waals surface area contributed by atoms with Crippen LogP contribution in [0.4, 0.5) is 0 Å². The maximum atomic E-state index is 12.8. The van der Waals surface area contributed by atoms with E-state index in [0.717, 1.165) is 34.7 Å². The lowest BCUT2D eigenvalue weighted by atomic mass is 10.0. The molecule has 3 heteroatoms. The van der Waals surface area contributed by atoms with Crippen molar-refractivity contribution in [1.82, 2.24) is 5.32 Å². The summed E-state index contributed by atoms with van der Waals surface area (Å²) in [6.45, 7) is 0. The van der Waals surface area contributed by atoms with Gasteiger partial charge in [-0.05, 0) is 47.4 Å². The van der Waals surface area contributed by atoms with Crippen LogP contribution >= 0.6 is 11.6 Å². The van der Waals surface area contributed by atoms with Gasteiger partial charge in [0.15, 0.2) is 0 Å². The van der Waals surface area contributed by atoms with Crippen LogP contribution in [-0.4, -0.2) is 5.91 Å². The van der Waals surface area contributed by atoms with E-state index in [2.05, 4.69) is 5.32 Å². The molecule has 1 aliphatic rings. The summed E-state index contributed by atoms with van der Waals surface area (Å²) in [5.74, 6) is -0.0284. The van der Waals surface area contributed by atoms with E-state index in [0.29, 0.717) is 5.02 Å². The second-order valence-corrected chi connectivity index (χ2v) is 6.51. The molecule has 1 saturated carbocycles. The standard InChI is InChI=1S/C20H16ClNO/c21-16-8-4-7-15(13-16)20(11-12-20)22-19(23)18-10-3-6-14-5-1-2-9-17(14)18/h1-10,13H,11-12H2,(H,22,23). The zero-order chi connectivity index (χ0) is 15.9. The third kappa shape index (κ3) is 2.60. The summed E-state index contributed by atoms with van der Waals surface area (Å²) in [7, 11) is 0. The molecule has 0 radical (unpaired) electrons. The summed E-state index contributed by atoms with van der Waals surface area (Å²) in [6.07, 6.45) is 1.90. The highest BCUT2D eigenvalue weighted by molar-refractivity contribution is 6.30. The Morgan fingerprint density at radius 1 is 0.957 bits per heavy atom. The third-order valence-corrected chi connectivity index (χ3v) is 4.75. The molecule has 3 aromatic carbocycles. The molecular formula is C20H16ClNO. The van der Waals surface area contributed by atoms with Gasteiger partial charge in [-0.3, -0.25) is 4.79 Å². The molecule has 114 valence electrons. The van der Waals surface area contributed by atoms with Gasteiger partial charge < -0.3 is 5.32 Å². The number of rotatable bonds is 3. The highest BCUT2D eigenvalue weighted by Crippen LogP contribution is 2.46. The van der Waals surface area contributed by atoms with E-state index in [4.69, 9.17) is 11.6 Å². The Balaban J connectivity index is 1.67. The summed E-state index contributed by atoms with van der Waals surface area (Å²) in [4.78, 5) is 12.8. The van der Waals surface area contributed by atoms with Gasteiger partial charge in [0.2, 0.25) is 0 Å². The van der Waals surface area contributed by atoms with E-state index in [1.54, 1.807) is 0 Å². The average Bonchev–Trinajstić information content (AvgIpc) is 3.35. The van der Waals surface area contributed by atoms with Crippen molar-refractivity contribution in [2.45, 2.75) is 18.4 Å². The molecule has 0 aromatic heterocycles. The molecule has 0 heterocycles. The van der Waals surface area contributed by atoms with E-state index in [9.17, 15) is 4.79 Å². The quantitative estimate of drug-likeness (QED) is 0.729. The molecule has 0 unspecified atom stereocenters. The highest BCUT2D eigenvalue weighted by atomic mass is 35.5. The predicted octanol–water partition coefficient (Wildman–Crippen LogP) is 4.91. The average molecular weight is 322 g/mol. The van der Waals surface area contributed by atoms with Crippen LogP contribution in [0.3, 0.4) is 0 Å². The van der Waals surface area contributed by atoms with Gasteiger partial charge in [0.25, 0.3) is 5.91 Å². The minimum atomic E-state index is -0.265. The minimum absolute atomic E-state index is 0.0284. The maximum Gasteiger partial charge on any atom is 0.252 e. The van der Waals surface area contributed by atoms with Crippen molar-refractivity contribution in [3.05, 3.63) is 82.9 Å². The fourth-order valence-corrected chi connectivity index (χ4v) is 3.30. The van der Waals surface area contributed by atoms with Crippen molar-refractivity contribution < 1.29 is 4.79 Å². The second kappa shape index (κ2) is 5.39. The fourth-order valence-electron chi connectivity index (χ4n) is 3.11. The maximum absolute atomic E-state index is 12.8. The number of carbonyl (C=O) groups is 1. The fraction of sp³-hybridized carbons (Fsp3) is 0.150. The van der Waals surface area contributed by atoms with Crippen molar-refractivity contribution in [1.29, 1.82) is 0 Å². The second-order valence-electron chi connectivity index (χ2n) is 6.07. The van der Waals surface area contributed by atoms with E-state index >= 15 is 0 Å². The first-order valence-electron chi connectivity index (χ1n) is 7.74. The van der Waals surface area contributed by atoms with Gasteiger partial charge in [0.05, 0.1) is 5.54 Å². The molecular weight excluding hydrogens is 306 g/mol. The number of carbonyl (C=O) groups excluding carboxylic acids is 1. The summed E-state index contributed by atoms with van der Waals surface area (Å²) in [5, 5.41) is 5.98. The summed E-state index contributed by atoms with van der Waals surface area (Å²) in [6, 6.07) is 21.5. The molecule has 0 saturated heterocycles. The lowest BCUT2D eigenvalue weighted by Crippen LogP contribution is -2.34. The molecule has 3 aromatic rings. The zero-order valence-corrected chi connectivity index (χ0v) is 13.3. The molecule has 23 heavy (non-hydrogen) atoms. The van der Waals surface area contributed by atoms with Crippen molar-refractivity contribution in [2.24, 2.45) is 0 Å². The Kier molecular flexibility index (Phi) is 3.35. The molecule has 4 rings (SSSR count). The Labute approximate surface area is 140 Å². The lowest BCUT2D eigenvalue weighted by Gasteiger charge is -2.19. The van der Waals surface area contributed by atoms with Crippen LogP contribution in [0, 0.1) is 0 Å². The van der Waals surface area contributed by atoms with E-state index in [1.807, 2.05) is 66.7 Å². The summed E-state index contributed by atoms with van der Waals surface area (Å²) in [5.41, 5.74) is 1.54. The van der Waals surface area contributed by atoms with Gasteiger partial charge >= 0.3 is 0 Å². The number of fused-ring (bicyclic) bond motifs is 1. The number of hydrogen-bond acceptors (Lipinski definition) is 1. The van der Waals surface area contributed by atoms with Crippen molar-refractivity contribution >= 4 is 28.3 Å². The number of benzene rings is 3. The number of halogens is 1. The van der Waals surface area contributed by atoms with Crippen LogP contribution in [0.2, 0.25) is 5.02 Å². The van der Waals surface area contributed by atoms with Crippen LogP contribution in [0.15, 0.2) is 66.7 Å². The molecule has 0 bridgehead atoms. The molecule has 1 N–H and O–H groups in total. The number of amides is 1. The zero-order valence-electron chi connectivity index (χ0n) is 12.6. The Morgan fingerprint density at radius 3 is 2.48 bits per heavy atom. The Morgan fingerprint density at radius 2 is 1.70 bits per heavy atom. The normalized spacial score (nSPS) is 15.3. The first kappa shape index (κ1) is 14.3. The molecule has 0 spiro atoms. The summed E-state index contributed by atoms with van der Waals surface area (Å²) >= 11 is 6.10. The summed E-state index contributed by atoms with van der Waals surface area (Å²) < 4.78 is 0. The van der Waals surface area contributed by atoms with Crippen molar-refractivity contribution in [2.75, 3.05) is 0 Å².